The van der Waals surface area contributed by atoms with E-state index in [1.54, 1.807) is 0 Å². The van der Waals surface area contributed by atoms with Gasteiger partial charge in [0, 0.05) is 6.04 Å². The lowest BCUT2D eigenvalue weighted by molar-refractivity contribution is 0.485. The van der Waals surface area contributed by atoms with Gasteiger partial charge in [-0.05, 0) is 43.2 Å². The first-order valence-electron chi connectivity index (χ1n) is 5.12. The third-order valence-corrected chi connectivity index (χ3v) is 3.05. The monoisotopic (exact) mass is 175 g/mol. The van der Waals surface area contributed by atoms with Gasteiger partial charge in [-0.25, -0.2) is 0 Å². The van der Waals surface area contributed by atoms with Crippen molar-refractivity contribution in [2.24, 2.45) is 5.73 Å². The molecule has 1 aromatic rings. The summed E-state index contributed by atoms with van der Waals surface area (Å²) >= 11 is 0. The summed E-state index contributed by atoms with van der Waals surface area (Å²) in [5.74, 6) is 0.588. The Hall–Kier alpha value is -0.820. The molecule has 1 aliphatic carbocycles. The maximum atomic E-state index is 5.98. The van der Waals surface area contributed by atoms with Gasteiger partial charge in [0.2, 0.25) is 0 Å². The van der Waals surface area contributed by atoms with Crippen molar-refractivity contribution in [1.82, 2.24) is 0 Å². The lowest BCUT2D eigenvalue weighted by atomic mass is 9.79. The van der Waals surface area contributed by atoms with Crippen LogP contribution in [0.2, 0.25) is 0 Å². The maximum absolute atomic E-state index is 5.98. The zero-order chi connectivity index (χ0) is 9.26. The summed E-state index contributed by atoms with van der Waals surface area (Å²) in [6.45, 7) is 2.12. The fourth-order valence-electron chi connectivity index (χ4n) is 2.34. The smallest absolute Gasteiger partial charge is 0.00794 e. The molecule has 2 N–H and O–H groups in total. The van der Waals surface area contributed by atoms with E-state index in [2.05, 4.69) is 31.2 Å². The molecule has 0 fully saturated rings. The SMILES string of the molecule is C[C@@H](N)[C@H]1CCCc2ccccc21. The summed E-state index contributed by atoms with van der Waals surface area (Å²) in [4.78, 5) is 0. The summed E-state index contributed by atoms with van der Waals surface area (Å²) in [6.07, 6.45) is 3.79. The molecule has 1 nitrogen and oxygen atoms in total. The molecule has 1 aliphatic rings. The minimum Gasteiger partial charge on any atom is -0.327 e. The van der Waals surface area contributed by atoms with E-state index in [0.717, 1.165) is 0 Å². The van der Waals surface area contributed by atoms with Crippen LogP contribution in [0, 0.1) is 0 Å². The van der Waals surface area contributed by atoms with E-state index >= 15 is 0 Å². The summed E-state index contributed by atoms with van der Waals surface area (Å²) in [5.41, 5.74) is 8.98. The molecule has 0 spiro atoms. The van der Waals surface area contributed by atoms with Crippen molar-refractivity contribution in [2.45, 2.75) is 38.1 Å². The Morgan fingerprint density at radius 3 is 2.92 bits per heavy atom. The van der Waals surface area contributed by atoms with Crippen LogP contribution in [-0.2, 0) is 6.42 Å². The quantitative estimate of drug-likeness (QED) is 0.697. The third-order valence-electron chi connectivity index (χ3n) is 3.05. The molecule has 2 rings (SSSR count). The molecule has 0 aliphatic heterocycles. The molecule has 0 heterocycles. The van der Waals surface area contributed by atoms with E-state index < -0.39 is 0 Å². The Kier molecular flexibility index (Phi) is 2.36. The van der Waals surface area contributed by atoms with Gasteiger partial charge in [0.25, 0.3) is 0 Å². The summed E-state index contributed by atoms with van der Waals surface area (Å²) in [5, 5.41) is 0. The highest BCUT2D eigenvalue weighted by molar-refractivity contribution is 5.33. The Morgan fingerprint density at radius 2 is 2.15 bits per heavy atom. The zero-order valence-corrected chi connectivity index (χ0v) is 8.16. The van der Waals surface area contributed by atoms with Crippen LogP contribution in [0.1, 0.15) is 36.8 Å². The second kappa shape index (κ2) is 3.51. The minimum absolute atomic E-state index is 0.293. The van der Waals surface area contributed by atoms with Crippen molar-refractivity contribution in [2.75, 3.05) is 0 Å². The largest absolute Gasteiger partial charge is 0.327 e. The van der Waals surface area contributed by atoms with E-state index in [1.807, 2.05) is 0 Å². The molecule has 70 valence electrons. The number of nitrogens with two attached hydrogens (primary N) is 1. The number of hydrogen-bond acceptors (Lipinski definition) is 1. The zero-order valence-electron chi connectivity index (χ0n) is 8.16. The maximum Gasteiger partial charge on any atom is 0.00794 e. The van der Waals surface area contributed by atoms with Gasteiger partial charge in [-0.1, -0.05) is 24.3 Å². The average molecular weight is 175 g/mol. The number of fused-ring (bicyclic) bond motifs is 1. The molecule has 0 aromatic heterocycles. The fourth-order valence-corrected chi connectivity index (χ4v) is 2.34. The molecule has 1 aromatic carbocycles. The molecule has 0 radical (unpaired) electrons. The molecule has 2 atom stereocenters. The molecule has 13 heavy (non-hydrogen) atoms. The van der Waals surface area contributed by atoms with Crippen molar-refractivity contribution < 1.29 is 0 Å². The highest BCUT2D eigenvalue weighted by Gasteiger charge is 2.22. The van der Waals surface area contributed by atoms with Crippen LogP contribution in [0.25, 0.3) is 0 Å². The predicted molar refractivity (Wildman–Crippen MR) is 55.8 cm³/mol. The molecule has 0 amide bonds. The van der Waals surface area contributed by atoms with Gasteiger partial charge in [0.1, 0.15) is 0 Å². The second-order valence-corrected chi connectivity index (χ2v) is 4.06. The van der Waals surface area contributed by atoms with E-state index in [9.17, 15) is 0 Å². The van der Waals surface area contributed by atoms with Gasteiger partial charge >= 0.3 is 0 Å². The van der Waals surface area contributed by atoms with Gasteiger partial charge in [-0.15, -0.1) is 0 Å². The normalized spacial score (nSPS) is 23.7. The second-order valence-electron chi connectivity index (χ2n) is 4.06. The first-order valence-corrected chi connectivity index (χ1v) is 5.12. The molecule has 0 saturated heterocycles. The first kappa shape index (κ1) is 8.76. The van der Waals surface area contributed by atoms with Gasteiger partial charge in [-0.3, -0.25) is 0 Å². The van der Waals surface area contributed by atoms with E-state index in [4.69, 9.17) is 5.73 Å². The topological polar surface area (TPSA) is 26.0 Å². The van der Waals surface area contributed by atoms with Crippen molar-refractivity contribution in [3.8, 4) is 0 Å². The third kappa shape index (κ3) is 1.61. The molecule has 0 unspecified atom stereocenters. The van der Waals surface area contributed by atoms with Crippen LogP contribution in [0.3, 0.4) is 0 Å². The van der Waals surface area contributed by atoms with Crippen LogP contribution in [0.4, 0.5) is 0 Å². The van der Waals surface area contributed by atoms with Gasteiger partial charge in [0.15, 0.2) is 0 Å². The number of benzene rings is 1. The van der Waals surface area contributed by atoms with Crippen LogP contribution < -0.4 is 5.73 Å². The lowest BCUT2D eigenvalue weighted by Crippen LogP contribution is -2.27. The lowest BCUT2D eigenvalue weighted by Gasteiger charge is -2.28. The standard InChI is InChI=1S/C12H17N/c1-9(13)11-8-4-6-10-5-2-3-7-12(10)11/h2-3,5,7,9,11H,4,6,8,13H2,1H3/t9-,11-/m1/s1. The number of rotatable bonds is 1. The van der Waals surface area contributed by atoms with E-state index in [0.29, 0.717) is 12.0 Å². The summed E-state index contributed by atoms with van der Waals surface area (Å²) in [7, 11) is 0. The van der Waals surface area contributed by atoms with Crippen LogP contribution in [0.5, 0.6) is 0 Å². The van der Waals surface area contributed by atoms with Crippen LogP contribution in [-0.4, -0.2) is 6.04 Å². The molecular weight excluding hydrogens is 158 g/mol. The predicted octanol–water partition coefficient (Wildman–Crippen LogP) is 2.45. The molecule has 1 heteroatoms. The first-order chi connectivity index (χ1) is 6.29. The molecule has 0 bridgehead atoms. The Labute approximate surface area is 80.0 Å². The minimum atomic E-state index is 0.293. The molecule has 0 saturated carbocycles. The van der Waals surface area contributed by atoms with Gasteiger partial charge in [0.05, 0.1) is 0 Å². The van der Waals surface area contributed by atoms with Crippen molar-refractivity contribution in [3.63, 3.8) is 0 Å². The molecular formula is C12H17N. The van der Waals surface area contributed by atoms with Crippen molar-refractivity contribution in [1.29, 1.82) is 0 Å². The highest BCUT2D eigenvalue weighted by Crippen LogP contribution is 2.32. The summed E-state index contributed by atoms with van der Waals surface area (Å²) in [6, 6.07) is 9.02. The fraction of sp³-hybridized carbons (Fsp3) is 0.500. The van der Waals surface area contributed by atoms with Gasteiger partial charge in [-0.2, -0.15) is 0 Å². The average Bonchev–Trinajstić information content (AvgIpc) is 2.17. The number of aryl methyl sites for hydroxylation is 1. The van der Waals surface area contributed by atoms with Crippen LogP contribution in [0.15, 0.2) is 24.3 Å². The number of hydrogen-bond donors (Lipinski definition) is 1. The van der Waals surface area contributed by atoms with Crippen molar-refractivity contribution >= 4 is 0 Å². The van der Waals surface area contributed by atoms with E-state index in [-0.39, 0.29) is 0 Å². The van der Waals surface area contributed by atoms with Crippen LogP contribution >= 0.6 is 0 Å². The van der Waals surface area contributed by atoms with Crippen molar-refractivity contribution in [3.05, 3.63) is 35.4 Å². The summed E-state index contributed by atoms with van der Waals surface area (Å²) < 4.78 is 0. The van der Waals surface area contributed by atoms with E-state index in [1.165, 1.54) is 30.4 Å². The Bertz CT molecular complexity index is 291. The van der Waals surface area contributed by atoms with Gasteiger partial charge < -0.3 is 5.73 Å². The Morgan fingerprint density at radius 1 is 1.38 bits per heavy atom. The Balaban J connectivity index is 2.37. The highest BCUT2D eigenvalue weighted by atomic mass is 14.6.